The van der Waals surface area contributed by atoms with E-state index < -0.39 is 0 Å². The highest BCUT2D eigenvalue weighted by Crippen LogP contribution is 2.31. The van der Waals surface area contributed by atoms with Crippen LogP contribution in [0, 0.1) is 5.92 Å². The molecule has 2 N–H and O–H groups in total. The molecule has 0 heterocycles. The molecule has 1 saturated carbocycles. The molecule has 0 bridgehead atoms. The second kappa shape index (κ2) is 5.88. The number of rotatable bonds is 3. The Hall–Kier alpha value is -0.820. The maximum Gasteiger partial charge on any atom is 0.0195 e. The molecule has 0 spiro atoms. The number of aryl methyl sites for hydroxylation is 1. The van der Waals surface area contributed by atoms with Crippen molar-refractivity contribution in [3.8, 4) is 0 Å². The van der Waals surface area contributed by atoms with E-state index in [0.29, 0.717) is 0 Å². The van der Waals surface area contributed by atoms with Gasteiger partial charge in [0.05, 0.1) is 0 Å². The quantitative estimate of drug-likeness (QED) is 0.798. The molecule has 1 aromatic rings. The lowest BCUT2D eigenvalue weighted by atomic mass is 9.84. The van der Waals surface area contributed by atoms with Crippen LogP contribution in [0.3, 0.4) is 0 Å². The zero-order chi connectivity index (χ0) is 13.0. The van der Waals surface area contributed by atoms with Gasteiger partial charge in [-0.15, -0.1) is 0 Å². The Labute approximate surface area is 112 Å². The van der Waals surface area contributed by atoms with E-state index >= 15 is 0 Å². The topological polar surface area (TPSA) is 26.0 Å². The first-order valence-electron chi connectivity index (χ1n) is 7.48. The Bertz CT molecular complexity index is 368. The van der Waals surface area contributed by atoms with Crippen molar-refractivity contribution in [2.75, 3.05) is 0 Å². The first kappa shape index (κ1) is 13.6. The van der Waals surface area contributed by atoms with Gasteiger partial charge in [0.25, 0.3) is 0 Å². The fraction of sp³-hybridized carbons (Fsp3) is 0.647. The number of benzene rings is 1. The van der Waals surface area contributed by atoms with Gasteiger partial charge in [-0.1, -0.05) is 51.0 Å². The maximum atomic E-state index is 6.62. The number of hydrogen-bond acceptors (Lipinski definition) is 1. The predicted octanol–water partition coefficient (Wildman–Crippen LogP) is 4.09. The summed E-state index contributed by atoms with van der Waals surface area (Å²) in [6.45, 7) is 4.56. The molecule has 0 aromatic heterocycles. The Morgan fingerprint density at radius 1 is 1.11 bits per heavy atom. The molecule has 0 amide bonds. The highest BCUT2D eigenvalue weighted by Gasteiger charge is 2.28. The first-order valence-corrected chi connectivity index (χ1v) is 7.48. The highest BCUT2D eigenvalue weighted by atomic mass is 14.7. The van der Waals surface area contributed by atoms with Gasteiger partial charge in [-0.3, -0.25) is 0 Å². The van der Waals surface area contributed by atoms with Crippen LogP contribution in [0.2, 0.25) is 0 Å². The number of nitrogens with two attached hydrogens (primary N) is 1. The Balaban J connectivity index is 2.01. The van der Waals surface area contributed by atoms with E-state index in [1.54, 1.807) is 0 Å². The van der Waals surface area contributed by atoms with Crippen molar-refractivity contribution in [2.24, 2.45) is 11.7 Å². The largest absolute Gasteiger partial charge is 0.325 e. The van der Waals surface area contributed by atoms with Crippen molar-refractivity contribution in [2.45, 2.75) is 64.3 Å². The molecule has 1 nitrogen and oxygen atoms in total. The molecule has 1 aliphatic rings. The molecule has 1 fully saturated rings. The van der Waals surface area contributed by atoms with E-state index in [9.17, 15) is 0 Å². The molecule has 1 aliphatic carbocycles. The van der Waals surface area contributed by atoms with Gasteiger partial charge in [0.1, 0.15) is 0 Å². The van der Waals surface area contributed by atoms with Gasteiger partial charge < -0.3 is 5.73 Å². The molecule has 1 heteroatoms. The Morgan fingerprint density at radius 3 is 2.44 bits per heavy atom. The zero-order valence-electron chi connectivity index (χ0n) is 11.9. The van der Waals surface area contributed by atoms with Crippen molar-refractivity contribution in [1.29, 1.82) is 0 Å². The van der Waals surface area contributed by atoms with Crippen molar-refractivity contribution >= 4 is 0 Å². The summed E-state index contributed by atoms with van der Waals surface area (Å²) < 4.78 is 0. The Kier molecular flexibility index (Phi) is 4.45. The standard InChI is InChI=1S/C17H27N/c1-3-15-6-8-16(9-7-15)13-17(18)11-4-5-14(2)10-12-17/h6-9,14H,3-5,10-13,18H2,1-2H3. The minimum atomic E-state index is 0.0402. The molecule has 2 atom stereocenters. The van der Waals surface area contributed by atoms with Crippen LogP contribution < -0.4 is 5.73 Å². The monoisotopic (exact) mass is 245 g/mol. The minimum Gasteiger partial charge on any atom is -0.325 e. The summed E-state index contributed by atoms with van der Waals surface area (Å²) in [7, 11) is 0. The minimum absolute atomic E-state index is 0.0402. The summed E-state index contributed by atoms with van der Waals surface area (Å²) in [6, 6.07) is 9.03. The van der Waals surface area contributed by atoms with Crippen LogP contribution in [0.4, 0.5) is 0 Å². The fourth-order valence-corrected chi connectivity index (χ4v) is 3.08. The molecular weight excluding hydrogens is 218 g/mol. The summed E-state index contributed by atoms with van der Waals surface area (Å²) in [5.41, 5.74) is 9.49. The zero-order valence-corrected chi connectivity index (χ0v) is 11.9. The molecular formula is C17H27N. The van der Waals surface area contributed by atoms with Gasteiger partial charge in [-0.05, 0) is 49.1 Å². The maximum absolute atomic E-state index is 6.62. The molecule has 1 aromatic carbocycles. The van der Waals surface area contributed by atoms with Gasteiger partial charge in [-0.2, -0.15) is 0 Å². The van der Waals surface area contributed by atoms with Gasteiger partial charge in [0, 0.05) is 5.54 Å². The summed E-state index contributed by atoms with van der Waals surface area (Å²) in [5, 5.41) is 0. The van der Waals surface area contributed by atoms with Gasteiger partial charge in [0.2, 0.25) is 0 Å². The fourth-order valence-electron chi connectivity index (χ4n) is 3.08. The van der Waals surface area contributed by atoms with Gasteiger partial charge >= 0.3 is 0 Å². The van der Waals surface area contributed by atoms with Crippen molar-refractivity contribution < 1.29 is 0 Å². The van der Waals surface area contributed by atoms with E-state index in [-0.39, 0.29) is 5.54 Å². The van der Waals surface area contributed by atoms with Crippen molar-refractivity contribution in [3.05, 3.63) is 35.4 Å². The third-order valence-corrected chi connectivity index (χ3v) is 4.49. The summed E-state index contributed by atoms with van der Waals surface area (Å²) >= 11 is 0. The van der Waals surface area contributed by atoms with Crippen molar-refractivity contribution in [3.63, 3.8) is 0 Å². The molecule has 2 rings (SSSR count). The average molecular weight is 245 g/mol. The SMILES string of the molecule is CCc1ccc(CC2(N)CCCC(C)CC2)cc1. The lowest BCUT2D eigenvalue weighted by Gasteiger charge is -2.28. The van der Waals surface area contributed by atoms with Crippen LogP contribution in [0.5, 0.6) is 0 Å². The summed E-state index contributed by atoms with van der Waals surface area (Å²) in [6.07, 6.45) is 8.48. The second-order valence-corrected chi connectivity index (χ2v) is 6.25. The van der Waals surface area contributed by atoms with Crippen LogP contribution in [0.15, 0.2) is 24.3 Å². The van der Waals surface area contributed by atoms with Crippen LogP contribution in [0.1, 0.15) is 57.1 Å². The lowest BCUT2D eigenvalue weighted by Crippen LogP contribution is -2.41. The molecule has 0 saturated heterocycles. The van der Waals surface area contributed by atoms with Crippen LogP contribution >= 0.6 is 0 Å². The second-order valence-electron chi connectivity index (χ2n) is 6.25. The van der Waals surface area contributed by atoms with Gasteiger partial charge in [-0.25, -0.2) is 0 Å². The van der Waals surface area contributed by atoms with E-state index in [4.69, 9.17) is 5.73 Å². The van der Waals surface area contributed by atoms with E-state index in [1.807, 2.05) is 0 Å². The Morgan fingerprint density at radius 2 is 1.78 bits per heavy atom. The highest BCUT2D eigenvalue weighted by molar-refractivity contribution is 5.24. The lowest BCUT2D eigenvalue weighted by molar-refractivity contribution is 0.363. The normalized spacial score (nSPS) is 28.9. The summed E-state index contributed by atoms with van der Waals surface area (Å²) in [4.78, 5) is 0. The number of hydrogen-bond donors (Lipinski definition) is 1. The first-order chi connectivity index (χ1) is 8.61. The molecule has 100 valence electrons. The smallest absolute Gasteiger partial charge is 0.0195 e. The molecule has 0 radical (unpaired) electrons. The molecule has 0 aliphatic heterocycles. The van der Waals surface area contributed by atoms with Crippen molar-refractivity contribution in [1.82, 2.24) is 0 Å². The van der Waals surface area contributed by atoms with E-state index in [0.717, 1.165) is 18.8 Å². The van der Waals surface area contributed by atoms with Crippen LogP contribution in [-0.2, 0) is 12.8 Å². The van der Waals surface area contributed by atoms with Crippen LogP contribution in [0.25, 0.3) is 0 Å². The third-order valence-electron chi connectivity index (χ3n) is 4.49. The molecule has 2 unspecified atom stereocenters. The summed E-state index contributed by atoms with van der Waals surface area (Å²) in [5.74, 6) is 0.859. The van der Waals surface area contributed by atoms with Crippen LogP contribution in [-0.4, -0.2) is 5.54 Å². The molecule has 18 heavy (non-hydrogen) atoms. The average Bonchev–Trinajstić information content (AvgIpc) is 2.53. The third kappa shape index (κ3) is 3.58. The van der Waals surface area contributed by atoms with E-state index in [1.165, 1.54) is 43.2 Å². The van der Waals surface area contributed by atoms with E-state index in [2.05, 4.69) is 38.1 Å². The predicted molar refractivity (Wildman–Crippen MR) is 78.7 cm³/mol. The van der Waals surface area contributed by atoms with Gasteiger partial charge in [0.15, 0.2) is 0 Å².